The summed E-state index contributed by atoms with van der Waals surface area (Å²) in [4.78, 5) is 24.6. The molecule has 0 bridgehead atoms. The third-order valence-electron chi connectivity index (χ3n) is 14.1. The number of unbranched alkanes of at least 4 members (excludes halogenated alkanes) is 28. The molecule has 0 rings (SSSR count). The molecule has 0 aliphatic carbocycles. The van der Waals surface area contributed by atoms with E-state index in [0.29, 0.717) is 12.8 Å². The Morgan fingerprint density at radius 3 is 0.750 bits per heavy atom. The van der Waals surface area contributed by atoms with E-state index in [0.717, 1.165) is 116 Å². The highest BCUT2D eigenvalue weighted by molar-refractivity contribution is 5.70. The first-order valence-corrected chi connectivity index (χ1v) is 33.4. The monoisotopic (exact) mass is 1100 g/mol. The van der Waals surface area contributed by atoms with E-state index in [-0.39, 0.29) is 25.2 Å². The quantitative estimate of drug-likeness (QED) is 0.0373. The molecule has 0 amide bonds. The zero-order chi connectivity index (χ0) is 57.6. The Morgan fingerprint density at radius 1 is 0.287 bits per heavy atom. The molecular weight excluding hydrogens is 981 g/mol. The fourth-order valence-electron chi connectivity index (χ4n) is 9.21. The number of aliphatic hydroxyl groups is 1. The summed E-state index contributed by atoms with van der Waals surface area (Å²) in [5.41, 5.74) is 0. The smallest absolute Gasteiger partial charge is 0.306 e. The highest BCUT2D eigenvalue weighted by Gasteiger charge is 2.16. The van der Waals surface area contributed by atoms with E-state index in [2.05, 4.69) is 160 Å². The minimum Gasteiger partial charge on any atom is -0.462 e. The molecule has 1 unspecified atom stereocenters. The van der Waals surface area contributed by atoms with E-state index in [1.807, 2.05) is 0 Å². The number of carbonyl (C=O) groups excluding carboxylic acids is 2. The average Bonchev–Trinajstić information content (AvgIpc) is 3.46. The maximum absolute atomic E-state index is 12.4. The fraction of sp³-hybridized carbons (Fsp3) is 0.653. The molecule has 80 heavy (non-hydrogen) atoms. The first-order valence-electron chi connectivity index (χ1n) is 33.4. The Hall–Kier alpha value is -4.22. The largest absolute Gasteiger partial charge is 0.462 e. The molecule has 0 aromatic carbocycles. The van der Waals surface area contributed by atoms with Gasteiger partial charge in [0.1, 0.15) is 6.61 Å². The number of rotatable bonds is 60. The van der Waals surface area contributed by atoms with Crippen molar-refractivity contribution in [3.63, 3.8) is 0 Å². The van der Waals surface area contributed by atoms with E-state index >= 15 is 0 Å². The summed E-state index contributed by atoms with van der Waals surface area (Å²) in [5, 5.41) is 9.70. The summed E-state index contributed by atoms with van der Waals surface area (Å²) in [7, 11) is 0. The average molecular weight is 1110 g/mol. The number of hydrogen-bond donors (Lipinski definition) is 1. The molecule has 0 aromatic heterocycles. The summed E-state index contributed by atoms with van der Waals surface area (Å²) in [5.74, 6) is -0.590. The molecule has 0 fully saturated rings. The van der Waals surface area contributed by atoms with Crippen molar-refractivity contribution in [1.29, 1.82) is 0 Å². The standard InChI is InChI=1S/C75H124O5/c1-3-5-7-9-11-13-15-17-19-21-23-25-27-29-31-32-33-34-35-36-37-38-39-40-41-42-44-46-48-50-52-54-56-58-60-62-64-66-68-70-75(78)80-73(71-76)72-79-74(77)69-67-65-63-61-59-57-55-53-51-49-47-45-43-30-28-26-24-22-20-18-16-14-12-10-8-6-4-2/h5-8,11-14,17-20,23-26,29,31,33-34,36-37,39-40,73,76H,3-4,9-10,15-16,21-22,27-28,30,32,35,38,41-72H2,1-2H3/b7-5-,8-6-,13-11-,14-12-,19-17-,20-18-,25-23-,26-24-,31-29-,34-33-,37-36-,40-39-. The predicted octanol–water partition coefficient (Wildman–Crippen LogP) is 23.3. The van der Waals surface area contributed by atoms with Gasteiger partial charge in [-0.25, -0.2) is 0 Å². The summed E-state index contributed by atoms with van der Waals surface area (Å²) < 4.78 is 10.7. The first-order chi connectivity index (χ1) is 39.6. The number of aliphatic hydroxyl groups excluding tert-OH is 1. The van der Waals surface area contributed by atoms with Gasteiger partial charge in [0.15, 0.2) is 6.10 Å². The van der Waals surface area contributed by atoms with Crippen molar-refractivity contribution in [3.05, 3.63) is 146 Å². The van der Waals surface area contributed by atoms with Gasteiger partial charge in [0.05, 0.1) is 6.61 Å². The van der Waals surface area contributed by atoms with Crippen LogP contribution in [0.5, 0.6) is 0 Å². The van der Waals surface area contributed by atoms with Crippen LogP contribution in [0.3, 0.4) is 0 Å². The van der Waals surface area contributed by atoms with E-state index < -0.39 is 6.10 Å². The maximum Gasteiger partial charge on any atom is 0.306 e. The van der Waals surface area contributed by atoms with Crippen LogP contribution in [-0.4, -0.2) is 36.4 Å². The fourth-order valence-corrected chi connectivity index (χ4v) is 9.21. The van der Waals surface area contributed by atoms with Crippen LogP contribution < -0.4 is 0 Å². The van der Waals surface area contributed by atoms with Gasteiger partial charge in [-0.15, -0.1) is 0 Å². The minimum absolute atomic E-state index is 0.0711. The van der Waals surface area contributed by atoms with Gasteiger partial charge in [-0.1, -0.05) is 314 Å². The van der Waals surface area contributed by atoms with Crippen molar-refractivity contribution >= 4 is 11.9 Å². The van der Waals surface area contributed by atoms with Crippen LogP contribution in [0.25, 0.3) is 0 Å². The van der Waals surface area contributed by atoms with Crippen molar-refractivity contribution in [1.82, 2.24) is 0 Å². The number of hydrogen-bond acceptors (Lipinski definition) is 5. The molecule has 1 atom stereocenters. The number of esters is 2. The highest BCUT2D eigenvalue weighted by Crippen LogP contribution is 2.17. The van der Waals surface area contributed by atoms with Crippen molar-refractivity contribution < 1.29 is 24.2 Å². The zero-order valence-electron chi connectivity index (χ0n) is 52.0. The Balaban J connectivity index is 3.51. The van der Waals surface area contributed by atoms with Crippen LogP contribution in [0.15, 0.2) is 146 Å². The van der Waals surface area contributed by atoms with Gasteiger partial charge in [-0.3, -0.25) is 9.59 Å². The van der Waals surface area contributed by atoms with Gasteiger partial charge in [0, 0.05) is 12.8 Å². The molecule has 0 radical (unpaired) electrons. The number of carbonyl (C=O) groups is 2. The zero-order valence-corrected chi connectivity index (χ0v) is 52.0. The molecular formula is C75H124O5. The SMILES string of the molecule is CC/C=C\C/C=C\C/C=C\C/C=C\C/C=C\C/C=C\C/C=C\C/C=C\CCCCCCCCCCCCCCCCC(=O)OC(CO)COC(=O)CCCCCCCCCCCCCCCC/C=C\C/C=C\C/C=C\C/C=C\CC. The molecule has 0 heterocycles. The van der Waals surface area contributed by atoms with Gasteiger partial charge in [-0.05, 0) is 116 Å². The Bertz CT molecular complexity index is 1680. The summed E-state index contributed by atoms with van der Waals surface area (Å²) in [6.45, 7) is 3.93. The second-order valence-corrected chi connectivity index (χ2v) is 21.8. The number of allylic oxidation sites excluding steroid dienone is 24. The van der Waals surface area contributed by atoms with Crippen LogP contribution in [0.1, 0.15) is 296 Å². The molecule has 0 saturated heterocycles. The molecule has 0 aromatic rings. The topological polar surface area (TPSA) is 72.8 Å². The maximum atomic E-state index is 12.4. The van der Waals surface area contributed by atoms with E-state index in [1.165, 1.54) is 154 Å². The van der Waals surface area contributed by atoms with E-state index in [1.54, 1.807) is 0 Å². The predicted molar refractivity (Wildman–Crippen MR) is 352 cm³/mol. The van der Waals surface area contributed by atoms with Gasteiger partial charge in [0.25, 0.3) is 0 Å². The van der Waals surface area contributed by atoms with Crippen LogP contribution in [-0.2, 0) is 19.1 Å². The van der Waals surface area contributed by atoms with E-state index in [4.69, 9.17) is 9.47 Å². The molecule has 0 spiro atoms. The summed E-state index contributed by atoms with van der Waals surface area (Å²) in [6.07, 6.45) is 104. The second-order valence-electron chi connectivity index (χ2n) is 21.8. The van der Waals surface area contributed by atoms with Gasteiger partial charge in [-0.2, -0.15) is 0 Å². The lowest BCUT2D eigenvalue weighted by atomic mass is 10.0. The summed E-state index contributed by atoms with van der Waals surface area (Å²) in [6, 6.07) is 0. The second kappa shape index (κ2) is 69.1. The Kier molecular flexibility index (Phi) is 65.4. The van der Waals surface area contributed by atoms with Crippen molar-refractivity contribution in [3.8, 4) is 0 Å². The molecule has 0 aliphatic rings. The Morgan fingerprint density at radius 2 is 0.500 bits per heavy atom. The molecule has 0 aliphatic heterocycles. The molecule has 1 N–H and O–H groups in total. The van der Waals surface area contributed by atoms with Crippen LogP contribution in [0.2, 0.25) is 0 Å². The van der Waals surface area contributed by atoms with E-state index in [9.17, 15) is 14.7 Å². The van der Waals surface area contributed by atoms with Crippen LogP contribution >= 0.6 is 0 Å². The van der Waals surface area contributed by atoms with Crippen LogP contribution in [0, 0.1) is 0 Å². The third-order valence-corrected chi connectivity index (χ3v) is 14.1. The lowest BCUT2D eigenvalue weighted by Gasteiger charge is -2.15. The van der Waals surface area contributed by atoms with Gasteiger partial charge < -0.3 is 14.6 Å². The molecule has 5 heteroatoms. The molecule has 454 valence electrons. The Labute approximate surface area is 495 Å². The lowest BCUT2D eigenvalue weighted by Crippen LogP contribution is -2.28. The molecule has 0 saturated carbocycles. The highest BCUT2D eigenvalue weighted by atomic mass is 16.6. The van der Waals surface area contributed by atoms with Gasteiger partial charge >= 0.3 is 11.9 Å². The molecule has 5 nitrogen and oxygen atoms in total. The first kappa shape index (κ1) is 75.8. The number of ether oxygens (including phenoxy) is 2. The van der Waals surface area contributed by atoms with Crippen molar-refractivity contribution in [2.24, 2.45) is 0 Å². The minimum atomic E-state index is -0.782. The van der Waals surface area contributed by atoms with Crippen molar-refractivity contribution in [2.45, 2.75) is 302 Å². The van der Waals surface area contributed by atoms with Gasteiger partial charge in [0.2, 0.25) is 0 Å². The lowest BCUT2D eigenvalue weighted by molar-refractivity contribution is -0.161. The third kappa shape index (κ3) is 66.3. The summed E-state index contributed by atoms with van der Waals surface area (Å²) >= 11 is 0. The normalized spacial score (nSPS) is 13.2. The van der Waals surface area contributed by atoms with Crippen molar-refractivity contribution in [2.75, 3.05) is 13.2 Å². The van der Waals surface area contributed by atoms with Crippen LogP contribution in [0.4, 0.5) is 0 Å².